The number of ether oxygens (including phenoxy) is 1. The lowest BCUT2D eigenvalue weighted by atomic mass is 10.2. The molecule has 0 radical (unpaired) electrons. The van der Waals surface area contributed by atoms with Gasteiger partial charge >= 0.3 is 6.18 Å². The van der Waals surface area contributed by atoms with Gasteiger partial charge in [-0.1, -0.05) is 15.9 Å². The molecule has 1 heterocycles. The predicted molar refractivity (Wildman–Crippen MR) is 47.3 cm³/mol. The number of aromatic nitrogens is 2. The van der Waals surface area contributed by atoms with Crippen molar-refractivity contribution in [1.29, 1.82) is 0 Å². The Bertz CT molecular complexity index is 339. The third-order valence-corrected chi connectivity index (χ3v) is 2.28. The summed E-state index contributed by atoms with van der Waals surface area (Å²) in [4.78, 5) is 14.6. The highest BCUT2D eigenvalue weighted by atomic mass is 79.9. The van der Waals surface area contributed by atoms with Gasteiger partial charge in [-0.2, -0.15) is 13.2 Å². The number of carbonyl (C=O) groups excluding carboxylic acids is 1. The Morgan fingerprint density at radius 2 is 2.33 bits per heavy atom. The van der Waals surface area contributed by atoms with Gasteiger partial charge in [0.25, 0.3) is 6.47 Å². The third-order valence-electron chi connectivity index (χ3n) is 1.56. The fraction of sp³-hybridized carbons (Fsp3) is 0.429. The van der Waals surface area contributed by atoms with Crippen molar-refractivity contribution in [1.82, 2.24) is 9.97 Å². The number of carbonyl (C=O) groups is 1. The molecule has 1 N–H and O–H groups in total. The van der Waals surface area contributed by atoms with Crippen LogP contribution in [0.5, 0.6) is 0 Å². The Morgan fingerprint density at radius 1 is 1.67 bits per heavy atom. The first-order valence-corrected chi connectivity index (χ1v) is 4.68. The van der Waals surface area contributed by atoms with Crippen LogP contribution < -0.4 is 0 Å². The van der Waals surface area contributed by atoms with E-state index in [1.807, 2.05) is 0 Å². The average Bonchev–Trinajstić information content (AvgIpc) is 2.61. The van der Waals surface area contributed by atoms with Gasteiger partial charge in [-0.3, -0.25) is 4.79 Å². The number of rotatable bonds is 4. The molecule has 1 unspecified atom stereocenters. The molecule has 1 atom stereocenters. The van der Waals surface area contributed by atoms with Gasteiger partial charge < -0.3 is 9.72 Å². The molecule has 0 aromatic carbocycles. The molecule has 8 heteroatoms. The second-order valence-electron chi connectivity index (χ2n) is 2.56. The van der Waals surface area contributed by atoms with Crippen LogP contribution in [-0.2, 0) is 15.7 Å². The molecule has 0 fully saturated rings. The number of H-pyrrole nitrogens is 1. The Balaban J connectivity index is 2.85. The molecule has 84 valence electrons. The third kappa shape index (κ3) is 2.95. The molecular weight excluding hydrogens is 281 g/mol. The van der Waals surface area contributed by atoms with Gasteiger partial charge in [-0.15, -0.1) is 0 Å². The van der Waals surface area contributed by atoms with Crippen molar-refractivity contribution in [2.75, 3.05) is 6.61 Å². The van der Waals surface area contributed by atoms with Gasteiger partial charge in [0.15, 0.2) is 5.69 Å². The van der Waals surface area contributed by atoms with E-state index in [4.69, 9.17) is 0 Å². The normalized spacial score (nSPS) is 13.6. The number of halogens is 4. The molecule has 0 spiro atoms. The summed E-state index contributed by atoms with van der Waals surface area (Å²) in [6.45, 7) is -0.0351. The lowest BCUT2D eigenvalue weighted by molar-refractivity contribution is -0.141. The lowest BCUT2D eigenvalue weighted by Crippen LogP contribution is -2.12. The predicted octanol–water partition coefficient (Wildman–Crippen LogP) is 2.04. The summed E-state index contributed by atoms with van der Waals surface area (Å²) in [7, 11) is 0. The van der Waals surface area contributed by atoms with Crippen LogP contribution in [0.25, 0.3) is 0 Å². The van der Waals surface area contributed by atoms with Crippen LogP contribution >= 0.6 is 15.9 Å². The molecule has 0 saturated carbocycles. The Kier molecular flexibility index (Phi) is 3.72. The highest BCUT2D eigenvalue weighted by Gasteiger charge is 2.37. The molecule has 0 amide bonds. The maximum Gasteiger partial charge on any atom is 0.435 e. The molecule has 1 aromatic heterocycles. The van der Waals surface area contributed by atoms with E-state index in [0.717, 1.165) is 6.33 Å². The van der Waals surface area contributed by atoms with Gasteiger partial charge in [0.05, 0.1) is 16.8 Å². The molecule has 15 heavy (non-hydrogen) atoms. The summed E-state index contributed by atoms with van der Waals surface area (Å²) in [5.74, 6) is 0. The molecular formula is C7H6BrF3N2O2. The molecule has 0 aliphatic carbocycles. The summed E-state index contributed by atoms with van der Waals surface area (Å²) < 4.78 is 41.4. The van der Waals surface area contributed by atoms with Crippen LogP contribution in [0, 0.1) is 0 Å². The van der Waals surface area contributed by atoms with E-state index >= 15 is 0 Å². The van der Waals surface area contributed by atoms with Crippen LogP contribution in [0.1, 0.15) is 16.2 Å². The zero-order valence-corrected chi connectivity index (χ0v) is 8.80. The number of hydrogen-bond acceptors (Lipinski definition) is 3. The first kappa shape index (κ1) is 12.0. The van der Waals surface area contributed by atoms with Gasteiger partial charge in [0.2, 0.25) is 0 Å². The van der Waals surface area contributed by atoms with E-state index in [1.165, 1.54) is 0 Å². The second kappa shape index (κ2) is 4.65. The fourth-order valence-electron chi connectivity index (χ4n) is 0.976. The zero-order chi connectivity index (χ0) is 11.5. The van der Waals surface area contributed by atoms with Crippen LogP contribution in [0.4, 0.5) is 13.2 Å². The number of alkyl halides is 4. The standard InChI is InChI=1S/C7H6BrF3N2O2/c8-4(1-15-3-14)5-6(7(9,10)11)13-2-12-5/h2-4H,1H2,(H,12,13). The monoisotopic (exact) mass is 286 g/mol. The van der Waals surface area contributed by atoms with Crippen LogP contribution in [0.3, 0.4) is 0 Å². The summed E-state index contributed by atoms with van der Waals surface area (Å²) in [5.41, 5.74) is -1.18. The van der Waals surface area contributed by atoms with Crippen LogP contribution in [0.2, 0.25) is 0 Å². The summed E-state index contributed by atoms with van der Waals surface area (Å²) in [6, 6.07) is 0. The smallest absolute Gasteiger partial charge is 0.435 e. The second-order valence-corrected chi connectivity index (χ2v) is 3.66. The van der Waals surface area contributed by atoms with Crippen molar-refractivity contribution < 1.29 is 22.7 Å². The number of hydrogen-bond donors (Lipinski definition) is 1. The van der Waals surface area contributed by atoms with Gasteiger partial charge in [0, 0.05) is 0 Å². The van der Waals surface area contributed by atoms with E-state index in [2.05, 4.69) is 30.6 Å². The minimum Gasteiger partial charge on any atom is -0.466 e. The van der Waals surface area contributed by atoms with Crippen molar-refractivity contribution in [3.63, 3.8) is 0 Å². The number of imidazole rings is 1. The fourth-order valence-corrected chi connectivity index (χ4v) is 1.48. The van der Waals surface area contributed by atoms with Crippen LogP contribution in [0.15, 0.2) is 6.33 Å². The zero-order valence-electron chi connectivity index (χ0n) is 7.21. The Morgan fingerprint density at radius 3 is 2.87 bits per heavy atom. The van der Waals surface area contributed by atoms with E-state index < -0.39 is 16.7 Å². The van der Waals surface area contributed by atoms with Crippen molar-refractivity contribution in [3.05, 3.63) is 17.7 Å². The highest BCUT2D eigenvalue weighted by molar-refractivity contribution is 9.09. The van der Waals surface area contributed by atoms with Crippen molar-refractivity contribution in [2.24, 2.45) is 0 Å². The van der Waals surface area contributed by atoms with Crippen molar-refractivity contribution in [3.8, 4) is 0 Å². The molecule has 4 nitrogen and oxygen atoms in total. The largest absolute Gasteiger partial charge is 0.466 e. The summed E-state index contributed by atoms with van der Waals surface area (Å²) >= 11 is 2.95. The van der Waals surface area contributed by atoms with Gasteiger partial charge in [0.1, 0.15) is 6.61 Å². The van der Waals surface area contributed by atoms with E-state index in [1.54, 1.807) is 0 Å². The Labute approximate surface area is 91.0 Å². The first-order chi connectivity index (χ1) is 6.96. The SMILES string of the molecule is O=COCC(Br)c1[nH]cnc1C(F)(F)F. The number of aromatic amines is 1. The molecule has 1 rings (SSSR count). The lowest BCUT2D eigenvalue weighted by Gasteiger charge is -2.10. The Hall–Kier alpha value is -1.05. The maximum absolute atomic E-state index is 12.4. The molecule has 0 aliphatic rings. The quantitative estimate of drug-likeness (QED) is 0.681. The summed E-state index contributed by atoms with van der Waals surface area (Å²) in [6.07, 6.45) is -3.59. The van der Waals surface area contributed by atoms with Gasteiger partial charge in [-0.25, -0.2) is 4.98 Å². The van der Waals surface area contributed by atoms with Crippen LogP contribution in [-0.4, -0.2) is 23.0 Å². The number of nitrogens with zero attached hydrogens (tertiary/aromatic N) is 1. The maximum atomic E-state index is 12.4. The minimum absolute atomic E-state index is 0.163. The summed E-state index contributed by atoms with van der Waals surface area (Å²) in [5, 5.41) is 0. The van der Waals surface area contributed by atoms with Gasteiger partial charge in [-0.05, 0) is 0 Å². The van der Waals surface area contributed by atoms with Crippen molar-refractivity contribution >= 4 is 22.4 Å². The molecule has 0 saturated heterocycles. The topological polar surface area (TPSA) is 55.0 Å². The van der Waals surface area contributed by atoms with E-state index in [-0.39, 0.29) is 18.8 Å². The number of nitrogens with one attached hydrogen (secondary N) is 1. The van der Waals surface area contributed by atoms with E-state index in [9.17, 15) is 18.0 Å². The van der Waals surface area contributed by atoms with E-state index in [0.29, 0.717) is 0 Å². The first-order valence-electron chi connectivity index (χ1n) is 3.76. The average molecular weight is 287 g/mol. The van der Waals surface area contributed by atoms with Crippen molar-refractivity contribution in [2.45, 2.75) is 11.0 Å². The highest BCUT2D eigenvalue weighted by Crippen LogP contribution is 2.34. The molecule has 1 aromatic rings. The molecule has 0 bridgehead atoms. The minimum atomic E-state index is -4.53. The molecule has 0 aliphatic heterocycles.